The van der Waals surface area contributed by atoms with Gasteiger partial charge in [0.2, 0.25) is 0 Å². The Balaban J connectivity index is 2.77. The minimum absolute atomic E-state index is 0.215. The monoisotopic (exact) mass is 150 g/mol. The lowest BCUT2D eigenvalue weighted by molar-refractivity contribution is 0.673. The number of nitriles is 1. The zero-order valence-corrected chi connectivity index (χ0v) is 6.36. The van der Waals surface area contributed by atoms with Crippen LogP contribution in [0.2, 0.25) is 0 Å². The number of nitrogens with two attached hydrogens (primary N) is 1. The third-order valence-electron chi connectivity index (χ3n) is 1.55. The minimum atomic E-state index is -0.215. The van der Waals surface area contributed by atoms with Crippen molar-refractivity contribution in [2.24, 2.45) is 12.8 Å². The summed E-state index contributed by atoms with van der Waals surface area (Å²) in [5, 5.41) is 8.37. The highest BCUT2D eigenvalue weighted by Gasteiger charge is 2.07. The Bertz CT molecular complexity index is 270. The zero-order valence-electron chi connectivity index (χ0n) is 6.36. The van der Waals surface area contributed by atoms with Crippen LogP contribution in [0.4, 0.5) is 0 Å². The summed E-state index contributed by atoms with van der Waals surface area (Å²) in [5.41, 5.74) is 6.56. The molecular weight excluding hydrogens is 140 g/mol. The van der Waals surface area contributed by atoms with Crippen LogP contribution >= 0.6 is 0 Å². The third-order valence-corrected chi connectivity index (χ3v) is 1.55. The largest absolute Gasteiger partial charge is 0.336 e. The van der Waals surface area contributed by atoms with Gasteiger partial charge in [0.25, 0.3) is 0 Å². The van der Waals surface area contributed by atoms with Gasteiger partial charge >= 0.3 is 0 Å². The van der Waals surface area contributed by atoms with Crippen LogP contribution in [0.25, 0.3) is 0 Å². The molecule has 0 amide bonds. The van der Waals surface area contributed by atoms with Gasteiger partial charge in [-0.1, -0.05) is 0 Å². The molecule has 0 saturated heterocycles. The summed E-state index contributed by atoms with van der Waals surface area (Å²) in [6, 6.07) is 1.80. The van der Waals surface area contributed by atoms with Crippen molar-refractivity contribution >= 4 is 0 Å². The molecule has 4 nitrogen and oxygen atoms in total. The first-order chi connectivity index (χ1) is 5.25. The van der Waals surface area contributed by atoms with E-state index in [2.05, 4.69) is 4.98 Å². The van der Waals surface area contributed by atoms with E-state index >= 15 is 0 Å². The van der Waals surface area contributed by atoms with Crippen molar-refractivity contribution in [2.45, 2.75) is 12.5 Å². The zero-order chi connectivity index (χ0) is 8.27. The van der Waals surface area contributed by atoms with E-state index in [0.717, 1.165) is 5.69 Å². The van der Waals surface area contributed by atoms with Crippen LogP contribution in [0.3, 0.4) is 0 Å². The first-order valence-electron chi connectivity index (χ1n) is 3.34. The standard InChI is InChI=1S/C7H10N4/c1-11-5-10-4-7(11)6(9)2-3-8/h4-6H,2,9H2,1H3. The Morgan fingerprint density at radius 3 is 3.09 bits per heavy atom. The lowest BCUT2D eigenvalue weighted by Gasteiger charge is -2.06. The van der Waals surface area contributed by atoms with Crippen molar-refractivity contribution < 1.29 is 0 Å². The summed E-state index contributed by atoms with van der Waals surface area (Å²) in [4.78, 5) is 3.90. The highest BCUT2D eigenvalue weighted by Crippen LogP contribution is 2.10. The van der Waals surface area contributed by atoms with E-state index in [9.17, 15) is 0 Å². The van der Waals surface area contributed by atoms with Gasteiger partial charge in [-0.2, -0.15) is 5.26 Å². The molecule has 0 aromatic carbocycles. The van der Waals surface area contributed by atoms with Crippen LogP contribution in [0, 0.1) is 11.3 Å². The molecule has 0 spiro atoms. The Kier molecular flexibility index (Phi) is 2.24. The molecule has 1 unspecified atom stereocenters. The Hall–Kier alpha value is -1.34. The Labute approximate surface area is 65.3 Å². The van der Waals surface area contributed by atoms with Crippen molar-refractivity contribution in [3.63, 3.8) is 0 Å². The maximum atomic E-state index is 8.37. The SMILES string of the molecule is Cn1cncc1C(N)CC#N. The maximum Gasteiger partial charge on any atom is 0.0946 e. The number of hydrogen-bond acceptors (Lipinski definition) is 3. The summed E-state index contributed by atoms with van der Waals surface area (Å²) < 4.78 is 1.82. The van der Waals surface area contributed by atoms with Crippen molar-refractivity contribution in [1.82, 2.24) is 9.55 Å². The highest BCUT2D eigenvalue weighted by molar-refractivity contribution is 5.05. The molecule has 1 aromatic rings. The minimum Gasteiger partial charge on any atom is -0.336 e. The lowest BCUT2D eigenvalue weighted by Crippen LogP contribution is -2.12. The van der Waals surface area contributed by atoms with Gasteiger partial charge < -0.3 is 10.3 Å². The smallest absolute Gasteiger partial charge is 0.0946 e. The number of rotatable bonds is 2. The predicted molar refractivity (Wildman–Crippen MR) is 40.4 cm³/mol. The van der Waals surface area contributed by atoms with Crippen LogP contribution < -0.4 is 5.73 Å². The molecule has 1 heterocycles. The molecule has 58 valence electrons. The molecule has 0 fully saturated rings. The molecule has 11 heavy (non-hydrogen) atoms. The molecule has 1 atom stereocenters. The van der Waals surface area contributed by atoms with Crippen LogP contribution in [0.5, 0.6) is 0 Å². The van der Waals surface area contributed by atoms with E-state index < -0.39 is 0 Å². The maximum absolute atomic E-state index is 8.37. The molecule has 0 saturated carbocycles. The average molecular weight is 150 g/mol. The molecular formula is C7H10N4. The number of nitrogens with zero attached hydrogens (tertiary/aromatic N) is 3. The number of hydrogen-bond donors (Lipinski definition) is 1. The summed E-state index contributed by atoms with van der Waals surface area (Å²) >= 11 is 0. The molecule has 2 N–H and O–H groups in total. The number of aryl methyl sites for hydroxylation is 1. The molecule has 4 heteroatoms. The topological polar surface area (TPSA) is 67.6 Å². The van der Waals surface area contributed by atoms with E-state index in [-0.39, 0.29) is 6.04 Å². The van der Waals surface area contributed by atoms with E-state index in [1.54, 1.807) is 12.5 Å². The molecule has 0 aliphatic heterocycles. The van der Waals surface area contributed by atoms with E-state index in [1.165, 1.54) is 0 Å². The van der Waals surface area contributed by atoms with Gasteiger partial charge in [0.1, 0.15) is 0 Å². The third kappa shape index (κ3) is 1.57. The fraction of sp³-hybridized carbons (Fsp3) is 0.429. The fourth-order valence-corrected chi connectivity index (χ4v) is 0.928. The summed E-state index contributed by atoms with van der Waals surface area (Å²) in [6.45, 7) is 0. The molecule has 0 aliphatic carbocycles. The number of imidazole rings is 1. The fourth-order valence-electron chi connectivity index (χ4n) is 0.928. The van der Waals surface area contributed by atoms with Crippen LogP contribution in [0.15, 0.2) is 12.5 Å². The predicted octanol–water partition coefficient (Wildman–Crippen LogP) is 0.334. The van der Waals surface area contributed by atoms with Gasteiger partial charge in [0, 0.05) is 13.2 Å². The van der Waals surface area contributed by atoms with Gasteiger partial charge in [-0.3, -0.25) is 0 Å². The van der Waals surface area contributed by atoms with Gasteiger partial charge in [-0.15, -0.1) is 0 Å². The number of aromatic nitrogens is 2. The van der Waals surface area contributed by atoms with Gasteiger partial charge in [0.05, 0.1) is 30.6 Å². The first-order valence-corrected chi connectivity index (χ1v) is 3.34. The molecule has 0 bridgehead atoms. The van der Waals surface area contributed by atoms with Crippen molar-refractivity contribution in [1.29, 1.82) is 5.26 Å². The lowest BCUT2D eigenvalue weighted by atomic mass is 10.2. The van der Waals surface area contributed by atoms with E-state index in [0.29, 0.717) is 6.42 Å². The van der Waals surface area contributed by atoms with E-state index in [4.69, 9.17) is 11.0 Å². The molecule has 1 rings (SSSR count). The van der Waals surface area contributed by atoms with Crippen LogP contribution in [0.1, 0.15) is 18.2 Å². The van der Waals surface area contributed by atoms with Crippen LogP contribution in [-0.4, -0.2) is 9.55 Å². The second-order valence-electron chi connectivity index (χ2n) is 2.40. The van der Waals surface area contributed by atoms with Crippen molar-refractivity contribution in [3.8, 4) is 6.07 Å². The molecule has 1 aromatic heterocycles. The average Bonchev–Trinajstić information content (AvgIpc) is 2.36. The Morgan fingerprint density at radius 2 is 2.64 bits per heavy atom. The second-order valence-corrected chi connectivity index (χ2v) is 2.40. The quantitative estimate of drug-likeness (QED) is 0.660. The van der Waals surface area contributed by atoms with Crippen molar-refractivity contribution in [3.05, 3.63) is 18.2 Å². The van der Waals surface area contributed by atoms with Crippen molar-refractivity contribution in [2.75, 3.05) is 0 Å². The summed E-state index contributed by atoms with van der Waals surface area (Å²) in [6.07, 6.45) is 3.69. The summed E-state index contributed by atoms with van der Waals surface area (Å²) in [7, 11) is 1.86. The van der Waals surface area contributed by atoms with Gasteiger partial charge in [-0.05, 0) is 0 Å². The molecule has 0 radical (unpaired) electrons. The first kappa shape index (κ1) is 7.76. The van der Waals surface area contributed by atoms with Crippen LogP contribution in [-0.2, 0) is 7.05 Å². The second kappa shape index (κ2) is 3.17. The summed E-state index contributed by atoms with van der Waals surface area (Å²) in [5.74, 6) is 0. The normalized spacial score (nSPS) is 12.5. The van der Waals surface area contributed by atoms with Gasteiger partial charge in [-0.25, -0.2) is 4.98 Å². The Morgan fingerprint density at radius 1 is 1.91 bits per heavy atom. The highest BCUT2D eigenvalue weighted by atomic mass is 15.0. The van der Waals surface area contributed by atoms with Gasteiger partial charge in [0.15, 0.2) is 0 Å². The molecule has 0 aliphatic rings. The van der Waals surface area contributed by atoms with E-state index in [1.807, 2.05) is 17.7 Å².